The number of nitrogens with two attached hydrogens (primary N) is 1. The molecule has 0 spiro atoms. The van der Waals surface area contributed by atoms with Crippen LogP contribution in [-0.2, 0) is 9.84 Å². The Morgan fingerprint density at radius 2 is 1.90 bits per heavy atom. The van der Waals surface area contributed by atoms with Gasteiger partial charge in [-0.1, -0.05) is 0 Å². The molecule has 2 atom stereocenters. The van der Waals surface area contributed by atoms with Crippen molar-refractivity contribution in [3.63, 3.8) is 0 Å². The predicted molar refractivity (Wildman–Crippen MR) is 93.8 cm³/mol. The van der Waals surface area contributed by atoms with E-state index in [9.17, 15) is 8.42 Å². The van der Waals surface area contributed by atoms with Crippen LogP contribution in [0, 0.1) is 0 Å². The highest BCUT2D eigenvalue weighted by Gasteiger charge is 2.20. The summed E-state index contributed by atoms with van der Waals surface area (Å²) in [7, 11) is -3.15. The van der Waals surface area contributed by atoms with Gasteiger partial charge in [-0.15, -0.1) is 23.1 Å². The first-order chi connectivity index (χ1) is 9.77. The van der Waals surface area contributed by atoms with Gasteiger partial charge in [-0.05, 0) is 53.2 Å². The molecular formula is C14H16BrNO2S3. The maximum absolute atomic E-state index is 11.5. The number of rotatable bonds is 5. The van der Waals surface area contributed by atoms with E-state index in [2.05, 4.69) is 22.0 Å². The zero-order valence-corrected chi connectivity index (χ0v) is 15.7. The van der Waals surface area contributed by atoms with Crippen LogP contribution in [0.2, 0.25) is 0 Å². The fourth-order valence-corrected chi connectivity index (χ4v) is 5.28. The third kappa shape index (κ3) is 4.56. The van der Waals surface area contributed by atoms with Gasteiger partial charge in [0, 0.05) is 31.9 Å². The van der Waals surface area contributed by atoms with E-state index in [1.807, 2.05) is 24.4 Å². The Hall–Kier alpha value is -0.340. The molecule has 1 aromatic carbocycles. The highest BCUT2D eigenvalue weighted by atomic mass is 79.9. The lowest BCUT2D eigenvalue weighted by atomic mass is 10.2. The summed E-state index contributed by atoms with van der Waals surface area (Å²) >= 11 is 6.78. The first kappa shape index (κ1) is 17.0. The summed E-state index contributed by atoms with van der Waals surface area (Å²) in [6, 6.07) is 9.02. The first-order valence-corrected chi connectivity index (χ1v) is 10.7. The molecule has 0 saturated carbocycles. The third-order valence-corrected chi connectivity index (χ3v) is 7.40. The Bertz CT molecular complexity index is 708. The lowest BCUT2D eigenvalue weighted by Gasteiger charge is -2.19. The highest BCUT2D eigenvalue weighted by Crippen LogP contribution is 2.40. The second kappa shape index (κ2) is 6.83. The van der Waals surface area contributed by atoms with Gasteiger partial charge in [0.1, 0.15) is 0 Å². The molecular weight excluding hydrogens is 390 g/mol. The normalized spacial score (nSPS) is 14.9. The lowest BCUT2D eigenvalue weighted by molar-refractivity contribution is 0.602. The zero-order chi connectivity index (χ0) is 15.6. The molecule has 21 heavy (non-hydrogen) atoms. The maximum atomic E-state index is 11.5. The second-order valence-corrected chi connectivity index (χ2v) is 9.90. The number of hydrogen-bond acceptors (Lipinski definition) is 5. The molecule has 2 unspecified atom stereocenters. The van der Waals surface area contributed by atoms with Gasteiger partial charge >= 0.3 is 0 Å². The molecule has 7 heteroatoms. The number of thiophene rings is 1. The molecule has 0 aliphatic rings. The second-order valence-electron chi connectivity index (χ2n) is 4.81. The van der Waals surface area contributed by atoms with Gasteiger partial charge in [0.2, 0.25) is 0 Å². The molecule has 0 aliphatic carbocycles. The van der Waals surface area contributed by atoms with Crippen molar-refractivity contribution < 1.29 is 8.42 Å². The fraction of sp³-hybridized carbons (Fsp3) is 0.286. The molecule has 0 aliphatic heterocycles. The average Bonchev–Trinajstić information content (AvgIpc) is 2.81. The van der Waals surface area contributed by atoms with Crippen LogP contribution >= 0.6 is 39.0 Å². The monoisotopic (exact) mass is 405 g/mol. The van der Waals surface area contributed by atoms with Crippen LogP contribution in [0.1, 0.15) is 17.1 Å². The molecule has 3 nitrogen and oxygen atoms in total. The van der Waals surface area contributed by atoms with E-state index in [4.69, 9.17) is 5.73 Å². The quantitative estimate of drug-likeness (QED) is 0.760. The maximum Gasteiger partial charge on any atom is 0.175 e. The van der Waals surface area contributed by atoms with Crippen molar-refractivity contribution in [2.75, 3.05) is 6.26 Å². The van der Waals surface area contributed by atoms with E-state index >= 15 is 0 Å². The van der Waals surface area contributed by atoms with Gasteiger partial charge in [-0.2, -0.15) is 0 Å². The summed E-state index contributed by atoms with van der Waals surface area (Å²) in [6.45, 7) is 1.98. The van der Waals surface area contributed by atoms with Gasteiger partial charge in [-0.25, -0.2) is 8.42 Å². The summed E-state index contributed by atoms with van der Waals surface area (Å²) in [5, 5.41) is 2.18. The van der Waals surface area contributed by atoms with Crippen molar-refractivity contribution >= 4 is 48.9 Å². The van der Waals surface area contributed by atoms with Crippen molar-refractivity contribution in [3.05, 3.63) is 45.1 Å². The van der Waals surface area contributed by atoms with Crippen molar-refractivity contribution in [2.24, 2.45) is 5.73 Å². The van der Waals surface area contributed by atoms with Crippen LogP contribution in [0.25, 0.3) is 0 Å². The zero-order valence-electron chi connectivity index (χ0n) is 11.6. The van der Waals surface area contributed by atoms with Crippen molar-refractivity contribution in [1.29, 1.82) is 0 Å². The minimum atomic E-state index is -3.15. The largest absolute Gasteiger partial charge is 0.327 e. The topological polar surface area (TPSA) is 60.2 Å². The summed E-state index contributed by atoms with van der Waals surface area (Å²) in [6.07, 6.45) is 1.21. The molecule has 2 rings (SSSR count). The minimum Gasteiger partial charge on any atom is -0.327 e. The minimum absolute atomic E-state index is 0.00451. The highest BCUT2D eigenvalue weighted by molar-refractivity contribution is 9.10. The van der Waals surface area contributed by atoms with E-state index in [0.29, 0.717) is 4.90 Å². The Labute approximate surface area is 142 Å². The van der Waals surface area contributed by atoms with Crippen LogP contribution < -0.4 is 5.73 Å². The fourth-order valence-electron chi connectivity index (χ4n) is 1.81. The number of sulfone groups is 1. The van der Waals surface area contributed by atoms with Crippen LogP contribution in [0.3, 0.4) is 0 Å². The van der Waals surface area contributed by atoms with Gasteiger partial charge in [0.15, 0.2) is 9.84 Å². The first-order valence-electron chi connectivity index (χ1n) is 6.23. The van der Waals surface area contributed by atoms with E-state index in [1.54, 1.807) is 35.2 Å². The number of benzene rings is 1. The number of hydrogen-bond donors (Lipinski definition) is 1. The summed E-state index contributed by atoms with van der Waals surface area (Å²) in [5.74, 6) is 0. The SMILES string of the molecule is CC(N)C(Sc1ccc(S(C)(=O)=O)cc1)c1cc(Br)cs1. The molecule has 1 heterocycles. The Balaban J connectivity index is 2.22. The van der Waals surface area contributed by atoms with Crippen molar-refractivity contribution in [3.8, 4) is 0 Å². The summed E-state index contributed by atoms with van der Waals surface area (Å²) in [5.41, 5.74) is 6.10. The van der Waals surface area contributed by atoms with Crippen molar-refractivity contribution in [1.82, 2.24) is 0 Å². The van der Waals surface area contributed by atoms with Gasteiger partial charge in [0.25, 0.3) is 0 Å². The number of halogens is 1. The van der Waals surface area contributed by atoms with Gasteiger partial charge in [0.05, 0.1) is 10.1 Å². The molecule has 0 saturated heterocycles. The van der Waals surface area contributed by atoms with E-state index in [1.165, 1.54) is 11.1 Å². The molecule has 0 amide bonds. The Kier molecular flexibility index (Phi) is 5.54. The van der Waals surface area contributed by atoms with Crippen molar-refractivity contribution in [2.45, 2.75) is 28.0 Å². The molecule has 1 aromatic heterocycles. The van der Waals surface area contributed by atoms with Crippen LogP contribution in [0.5, 0.6) is 0 Å². The van der Waals surface area contributed by atoms with Crippen LogP contribution in [0.4, 0.5) is 0 Å². The third-order valence-electron chi connectivity index (χ3n) is 2.86. The van der Waals surface area contributed by atoms with E-state index < -0.39 is 9.84 Å². The van der Waals surface area contributed by atoms with E-state index in [-0.39, 0.29) is 11.3 Å². The van der Waals surface area contributed by atoms with E-state index in [0.717, 1.165) is 9.37 Å². The molecule has 2 N–H and O–H groups in total. The predicted octanol–water partition coefficient (Wildman–Crippen LogP) is 4.09. The summed E-state index contributed by atoms with van der Waals surface area (Å²) < 4.78 is 24.0. The standard InChI is InChI=1S/C14H16BrNO2S3/c1-9(16)14(13-7-10(15)8-19-13)20-11-3-5-12(6-4-11)21(2,17)18/h3-9,14H,16H2,1-2H3. The summed E-state index contributed by atoms with van der Waals surface area (Å²) in [4.78, 5) is 2.55. The smallest absolute Gasteiger partial charge is 0.175 e. The Morgan fingerprint density at radius 3 is 2.33 bits per heavy atom. The molecule has 2 aromatic rings. The van der Waals surface area contributed by atoms with Crippen LogP contribution in [0.15, 0.2) is 50.0 Å². The molecule has 0 fully saturated rings. The molecule has 0 bridgehead atoms. The Morgan fingerprint density at radius 1 is 1.29 bits per heavy atom. The van der Waals surface area contributed by atoms with Gasteiger partial charge in [-0.3, -0.25) is 0 Å². The molecule has 114 valence electrons. The average molecular weight is 406 g/mol. The molecule has 0 radical (unpaired) electrons. The van der Waals surface area contributed by atoms with Gasteiger partial charge < -0.3 is 5.73 Å². The lowest BCUT2D eigenvalue weighted by Crippen LogP contribution is -2.21. The van der Waals surface area contributed by atoms with Crippen LogP contribution in [-0.4, -0.2) is 20.7 Å². The number of thioether (sulfide) groups is 1.